The molecule has 1 unspecified atom stereocenters. The van der Waals surface area contributed by atoms with Crippen LogP contribution in [0, 0.1) is 11.7 Å². The summed E-state index contributed by atoms with van der Waals surface area (Å²) in [5.74, 6) is -1.33. The van der Waals surface area contributed by atoms with Crippen LogP contribution in [0.2, 0.25) is 0 Å². The van der Waals surface area contributed by atoms with E-state index < -0.39 is 5.82 Å². The molecule has 0 aliphatic carbocycles. The molecule has 202 valence electrons. The van der Waals surface area contributed by atoms with Crippen molar-refractivity contribution in [3.63, 3.8) is 0 Å². The normalized spacial score (nSPS) is 14.6. The second-order valence-electron chi connectivity index (χ2n) is 9.73. The Morgan fingerprint density at radius 3 is 2.52 bits per heavy atom. The van der Waals surface area contributed by atoms with E-state index in [-0.39, 0.29) is 42.1 Å². The van der Waals surface area contributed by atoms with Gasteiger partial charge in [-0.3, -0.25) is 19.4 Å². The van der Waals surface area contributed by atoms with Crippen LogP contribution < -0.4 is 11.1 Å². The third-order valence-corrected chi connectivity index (χ3v) is 7.03. The monoisotopic (exact) mass is 537 g/mol. The SMILES string of the molecule is NCc1ccc(C(=O)Cc2ccncc2F)cc1-c1cccc(NC(=O)c2ccc(CC3CCOC3=O)cc2)c1. The maximum atomic E-state index is 14.0. The van der Waals surface area contributed by atoms with Crippen LogP contribution in [0.4, 0.5) is 10.1 Å². The van der Waals surface area contributed by atoms with Crippen LogP contribution in [0.3, 0.4) is 0 Å². The molecular formula is C32H28FN3O4. The van der Waals surface area contributed by atoms with E-state index in [1.54, 1.807) is 36.4 Å². The molecule has 0 spiro atoms. The lowest BCUT2D eigenvalue weighted by Gasteiger charge is -2.13. The molecule has 1 aliphatic heterocycles. The van der Waals surface area contributed by atoms with Gasteiger partial charge in [0.1, 0.15) is 5.82 Å². The van der Waals surface area contributed by atoms with Gasteiger partial charge >= 0.3 is 5.97 Å². The summed E-state index contributed by atoms with van der Waals surface area (Å²) in [5, 5.41) is 2.92. The number of hydrogen-bond donors (Lipinski definition) is 2. The fourth-order valence-corrected chi connectivity index (χ4v) is 4.79. The Hall–Kier alpha value is -4.69. The molecule has 0 saturated carbocycles. The van der Waals surface area contributed by atoms with Crippen molar-refractivity contribution in [2.75, 3.05) is 11.9 Å². The summed E-state index contributed by atoms with van der Waals surface area (Å²) in [4.78, 5) is 41.4. The quantitative estimate of drug-likeness (QED) is 0.226. The number of benzene rings is 3. The molecule has 3 N–H and O–H groups in total. The lowest BCUT2D eigenvalue weighted by atomic mass is 9.94. The number of halogens is 1. The van der Waals surface area contributed by atoms with Crippen molar-refractivity contribution in [1.29, 1.82) is 0 Å². The van der Waals surface area contributed by atoms with E-state index in [9.17, 15) is 18.8 Å². The Morgan fingerprint density at radius 1 is 1.00 bits per heavy atom. The third-order valence-electron chi connectivity index (χ3n) is 7.03. The maximum Gasteiger partial charge on any atom is 0.309 e. The second-order valence-corrected chi connectivity index (χ2v) is 9.73. The smallest absolute Gasteiger partial charge is 0.309 e. The number of carbonyl (C=O) groups excluding carboxylic acids is 3. The Kier molecular flexibility index (Phi) is 8.07. The van der Waals surface area contributed by atoms with E-state index in [4.69, 9.17) is 10.5 Å². The molecule has 5 rings (SSSR count). The average molecular weight is 538 g/mol. The number of amides is 1. The molecule has 7 nitrogen and oxygen atoms in total. The molecule has 2 heterocycles. The number of Topliss-reactive ketones (excluding diaryl/α,β-unsaturated/α-hetero) is 1. The fraction of sp³-hybridized carbons (Fsp3) is 0.188. The van der Waals surface area contributed by atoms with Gasteiger partial charge in [-0.1, -0.05) is 36.4 Å². The Bertz CT molecular complexity index is 1570. The topological polar surface area (TPSA) is 111 Å². The van der Waals surface area contributed by atoms with E-state index in [0.717, 1.165) is 28.5 Å². The van der Waals surface area contributed by atoms with Gasteiger partial charge in [0, 0.05) is 36.0 Å². The van der Waals surface area contributed by atoms with Crippen LogP contribution in [-0.2, 0) is 28.9 Å². The van der Waals surface area contributed by atoms with Crippen LogP contribution in [-0.4, -0.2) is 29.3 Å². The van der Waals surface area contributed by atoms with Crippen molar-refractivity contribution in [2.45, 2.75) is 25.8 Å². The van der Waals surface area contributed by atoms with E-state index in [2.05, 4.69) is 10.3 Å². The lowest BCUT2D eigenvalue weighted by molar-refractivity contribution is -0.141. The number of ether oxygens (including phenoxy) is 1. The Balaban J connectivity index is 1.31. The van der Waals surface area contributed by atoms with Crippen molar-refractivity contribution in [3.05, 3.63) is 119 Å². The van der Waals surface area contributed by atoms with E-state index >= 15 is 0 Å². The number of aromatic nitrogens is 1. The number of ketones is 1. The number of rotatable bonds is 9. The number of nitrogens with one attached hydrogen (secondary N) is 1. The van der Waals surface area contributed by atoms with Gasteiger partial charge in [0.15, 0.2) is 5.78 Å². The third kappa shape index (κ3) is 6.13. The number of cyclic esters (lactones) is 1. The first kappa shape index (κ1) is 26.9. The number of anilines is 1. The molecule has 40 heavy (non-hydrogen) atoms. The van der Waals surface area contributed by atoms with Crippen molar-refractivity contribution >= 4 is 23.3 Å². The summed E-state index contributed by atoms with van der Waals surface area (Å²) in [7, 11) is 0. The van der Waals surface area contributed by atoms with Gasteiger partial charge < -0.3 is 15.8 Å². The van der Waals surface area contributed by atoms with Crippen LogP contribution in [0.15, 0.2) is 85.2 Å². The predicted octanol–water partition coefficient (Wildman–Crippen LogP) is 5.13. The summed E-state index contributed by atoms with van der Waals surface area (Å²) in [6.07, 6.45) is 3.76. The summed E-state index contributed by atoms with van der Waals surface area (Å²) in [6.45, 7) is 0.715. The number of esters is 1. The molecule has 0 radical (unpaired) electrons. The van der Waals surface area contributed by atoms with Gasteiger partial charge in [0.05, 0.1) is 18.7 Å². The number of hydrogen-bond acceptors (Lipinski definition) is 6. The van der Waals surface area contributed by atoms with Crippen molar-refractivity contribution in [1.82, 2.24) is 4.98 Å². The highest BCUT2D eigenvalue weighted by Gasteiger charge is 2.26. The van der Waals surface area contributed by atoms with Gasteiger partial charge in [0.2, 0.25) is 0 Å². The lowest BCUT2D eigenvalue weighted by Crippen LogP contribution is -2.13. The molecule has 1 fully saturated rings. The van der Waals surface area contributed by atoms with E-state index in [0.29, 0.717) is 36.3 Å². The van der Waals surface area contributed by atoms with Crippen LogP contribution in [0.5, 0.6) is 0 Å². The number of carbonyl (C=O) groups is 3. The van der Waals surface area contributed by atoms with Gasteiger partial charge in [-0.2, -0.15) is 0 Å². The van der Waals surface area contributed by atoms with Gasteiger partial charge in [-0.05, 0) is 77.1 Å². The van der Waals surface area contributed by atoms with E-state index in [1.165, 1.54) is 12.3 Å². The maximum absolute atomic E-state index is 14.0. The molecule has 1 aromatic heterocycles. The summed E-state index contributed by atoms with van der Waals surface area (Å²) in [5.41, 5.74) is 11.1. The predicted molar refractivity (Wildman–Crippen MR) is 149 cm³/mol. The first-order valence-corrected chi connectivity index (χ1v) is 13.0. The Labute approximate surface area is 231 Å². The highest BCUT2D eigenvalue weighted by atomic mass is 19.1. The summed E-state index contributed by atoms with van der Waals surface area (Å²) < 4.78 is 19.1. The highest BCUT2D eigenvalue weighted by molar-refractivity contribution is 6.04. The Morgan fingerprint density at radius 2 is 1.80 bits per heavy atom. The summed E-state index contributed by atoms with van der Waals surface area (Å²) >= 11 is 0. The molecular weight excluding hydrogens is 509 g/mol. The first-order chi connectivity index (χ1) is 19.4. The van der Waals surface area contributed by atoms with Gasteiger partial charge in [0.25, 0.3) is 5.91 Å². The zero-order chi connectivity index (χ0) is 28.1. The molecule has 8 heteroatoms. The zero-order valence-electron chi connectivity index (χ0n) is 21.7. The van der Waals surface area contributed by atoms with Crippen LogP contribution >= 0.6 is 0 Å². The van der Waals surface area contributed by atoms with Crippen LogP contribution in [0.1, 0.15) is 43.8 Å². The molecule has 4 aromatic rings. The molecule has 0 bridgehead atoms. The molecule has 1 aliphatic rings. The van der Waals surface area contributed by atoms with Crippen molar-refractivity contribution in [2.24, 2.45) is 11.7 Å². The van der Waals surface area contributed by atoms with Gasteiger partial charge in [-0.15, -0.1) is 0 Å². The largest absolute Gasteiger partial charge is 0.465 e. The van der Waals surface area contributed by atoms with Crippen molar-refractivity contribution < 1.29 is 23.5 Å². The second kappa shape index (κ2) is 12.0. The van der Waals surface area contributed by atoms with E-state index in [1.807, 2.05) is 30.3 Å². The van der Waals surface area contributed by atoms with Crippen molar-refractivity contribution in [3.8, 4) is 11.1 Å². The fourth-order valence-electron chi connectivity index (χ4n) is 4.79. The zero-order valence-corrected chi connectivity index (χ0v) is 21.7. The van der Waals surface area contributed by atoms with Gasteiger partial charge in [-0.25, -0.2) is 4.39 Å². The van der Waals surface area contributed by atoms with Crippen LogP contribution in [0.25, 0.3) is 11.1 Å². The molecule has 1 amide bonds. The number of pyridine rings is 1. The average Bonchev–Trinajstić information content (AvgIpc) is 3.38. The minimum Gasteiger partial charge on any atom is -0.465 e. The first-order valence-electron chi connectivity index (χ1n) is 13.0. The minimum absolute atomic E-state index is 0.0879. The summed E-state index contributed by atoms with van der Waals surface area (Å²) in [6, 6.07) is 21.2. The molecule has 1 atom stereocenters. The highest BCUT2D eigenvalue weighted by Crippen LogP contribution is 2.28. The standard InChI is InChI=1S/C32H28FN3O4/c33-29-19-35-12-10-23(29)17-30(37)24-8-9-26(18-34)28(16-24)22-2-1-3-27(15-22)36-31(38)21-6-4-20(5-7-21)14-25-11-13-40-32(25)39/h1-10,12,15-16,19,25H,11,13-14,17-18,34H2,(H,36,38). The number of nitrogens with two attached hydrogens (primary N) is 1. The number of nitrogens with zero attached hydrogens (tertiary/aromatic N) is 1. The molecule has 1 saturated heterocycles. The minimum atomic E-state index is -0.522. The molecule has 3 aromatic carbocycles.